The molecule has 0 aliphatic rings. The minimum atomic E-state index is -4.60. The molecule has 0 fully saturated rings. The number of rotatable bonds is 8. The summed E-state index contributed by atoms with van der Waals surface area (Å²) in [6.07, 6.45) is -4.81. The van der Waals surface area contributed by atoms with Crippen LogP contribution in [0.2, 0.25) is 0 Å². The van der Waals surface area contributed by atoms with E-state index in [1.807, 2.05) is 30.3 Å². The number of oxazole rings is 1. The molecule has 0 spiro atoms. The second kappa shape index (κ2) is 9.02. The lowest BCUT2D eigenvalue weighted by molar-refractivity contribution is -0.140. The number of ether oxygens (including phenoxy) is 1. The molecule has 0 bridgehead atoms. The minimum Gasteiger partial charge on any atom is -0.493 e. The first-order valence-corrected chi connectivity index (χ1v) is 9.30. The zero-order chi connectivity index (χ0) is 21.7. The molecule has 1 heterocycles. The van der Waals surface area contributed by atoms with Gasteiger partial charge in [-0.3, -0.25) is 4.79 Å². The fraction of sp³-hybridized carbons (Fsp3) is 0.273. The molecular formula is C22H20F3NO4. The van der Waals surface area contributed by atoms with E-state index in [0.29, 0.717) is 23.8 Å². The van der Waals surface area contributed by atoms with Gasteiger partial charge in [0.15, 0.2) is 0 Å². The number of halogens is 3. The van der Waals surface area contributed by atoms with E-state index in [1.165, 1.54) is 12.1 Å². The van der Waals surface area contributed by atoms with Gasteiger partial charge in [0, 0.05) is 18.4 Å². The number of hydrogen-bond acceptors (Lipinski definition) is 4. The summed E-state index contributed by atoms with van der Waals surface area (Å²) in [6.45, 7) is 1.89. The lowest BCUT2D eigenvalue weighted by atomic mass is 10.0. The highest BCUT2D eigenvalue weighted by Gasteiger charge is 2.33. The predicted molar refractivity (Wildman–Crippen MR) is 103 cm³/mol. The van der Waals surface area contributed by atoms with Crippen LogP contribution >= 0.6 is 0 Å². The number of carboxylic acids is 1. The van der Waals surface area contributed by atoms with Gasteiger partial charge in [0.1, 0.15) is 11.5 Å². The van der Waals surface area contributed by atoms with Crippen molar-refractivity contribution >= 4 is 5.97 Å². The summed E-state index contributed by atoms with van der Waals surface area (Å²) in [5, 5.41) is 8.72. The first-order chi connectivity index (χ1) is 14.2. The van der Waals surface area contributed by atoms with Crippen molar-refractivity contribution in [3.63, 3.8) is 0 Å². The molecule has 1 N–H and O–H groups in total. The van der Waals surface area contributed by atoms with Crippen molar-refractivity contribution in [3.8, 4) is 17.2 Å². The maximum Gasteiger partial charge on any atom is 0.416 e. The molecule has 0 aliphatic carbocycles. The molecule has 158 valence electrons. The van der Waals surface area contributed by atoms with Crippen LogP contribution in [0, 0.1) is 6.92 Å². The standard InChI is InChI=1S/C22H20F3NO4/c1-14-19(26-21(30-14)16-5-3-2-4-6-16)11-12-29-17-9-7-15(8-10-20(27)28)18(13-17)22(23,24)25/h2-7,9,13H,8,10-12H2,1H3,(H,27,28). The SMILES string of the molecule is Cc1oc(-c2ccccc2)nc1CCOc1ccc(CCC(=O)O)c(C(F)(F)F)c1. The molecule has 0 amide bonds. The highest BCUT2D eigenvalue weighted by atomic mass is 19.4. The number of nitrogens with zero attached hydrogens (tertiary/aromatic N) is 1. The number of alkyl halides is 3. The molecule has 3 rings (SSSR count). The van der Waals surface area contributed by atoms with Crippen molar-refractivity contribution in [3.05, 3.63) is 71.1 Å². The van der Waals surface area contributed by atoms with Crippen LogP contribution in [0.3, 0.4) is 0 Å². The lowest BCUT2D eigenvalue weighted by Gasteiger charge is -2.14. The molecule has 0 saturated carbocycles. The molecule has 0 radical (unpaired) electrons. The Balaban J connectivity index is 1.67. The molecule has 8 heteroatoms. The Morgan fingerprint density at radius 1 is 1.13 bits per heavy atom. The van der Waals surface area contributed by atoms with Gasteiger partial charge >= 0.3 is 12.1 Å². The number of aromatic nitrogens is 1. The quantitative estimate of drug-likeness (QED) is 0.536. The van der Waals surface area contributed by atoms with Crippen molar-refractivity contribution in [2.45, 2.75) is 32.4 Å². The molecule has 2 aromatic carbocycles. The van der Waals surface area contributed by atoms with Gasteiger partial charge in [-0.1, -0.05) is 24.3 Å². The maximum atomic E-state index is 13.3. The highest BCUT2D eigenvalue weighted by Crippen LogP contribution is 2.35. The van der Waals surface area contributed by atoms with Gasteiger partial charge < -0.3 is 14.3 Å². The normalized spacial score (nSPS) is 11.5. The molecule has 3 aromatic rings. The molecule has 30 heavy (non-hydrogen) atoms. The third-order valence-electron chi connectivity index (χ3n) is 4.52. The molecule has 0 atom stereocenters. The first kappa shape index (κ1) is 21.4. The zero-order valence-corrected chi connectivity index (χ0v) is 16.2. The number of benzene rings is 2. The smallest absolute Gasteiger partial charge is 0.416 e. The van der Waals surface area contributed by atoms with Gasteiger partial charge in [-0.05, 0) is 43.2 Å². The van der Waals surface area contributed by atoms with Gasteiger partial charge in [-0.15, -0.1) is 0 Å². The van der Waals surface area contributed by atoms with Crippen LogP contribution in [0.4, 0.5) is 13.2 Å². The van der Waals surface area contributed by atoms with Crippen LogP contribution in [0.25, 0.3) is 11.5 Å². The van der Waals surface area contributed by atoms with Crippen LogP contribution in [-0.2, 0) is 23.8 Å². The largest absolute Gasteiger partial charge is 0.493 e. The van der Waals surface area contributed by atoms with E-state index in [2.05, 4.69) is 4.98 Å². The second-order valence-electron chi connectivity index (χ2n) is 6.70. The molecule has 1 aromatic heterocycles. The zero-order valence-electron chi connectivity index (χ0n) is 16.2. The molecule has 0 saturated heterocycles. The summed E-state index contributed by atoms with van der Waals surface area (Å²) in [4.78, 5) is 15.1. The minimum absolute atomic E-state index is 0.0610. The van der Waals surface area contributed by atoms with Crippen LogP contribution < -0.4 is 4.74 Å². The Bertz CT molecular complexity index is 1010. The van der Waals surface area contributed by atoms with Crippen LogP contribution in [0.15, 0.2) is 52.9 Å². The molecule has 0 unspecified atom stereocenters. The molecule has 0 aliphatic heterocycles. The average molecular weight is 419 g/mol. The average Bonchev–Trinajstić information content (AvgIpc) is 3.07. The first-order valence-electron chi connectivity index (χ1n) is 9.30. The van der Waals surface area contributed by atoms with E-state index in [4.69, 9.17) is 14.3 Å². The van der Waals surface area contributed by atoms with Gasteiger partial charge in [-0.25, -0.2) is 4.98 Å². The predicted octanol–water partition coefficient (Wildman–Crippen LogP) is 5.31. The number of carboxylic acid groups (broad SMARTS) is 1. The lowest BCUT2D eigenvalue weighted by Crippen LogP contribution is -2.11. The number of aryl methyl sites for hydroxylation is 2. The van der Waals surface area contributed by atoms with E-state index in [9.17, 15) is 18.0 Å². The number of hydrogen-bond donors (Lipinski definition) is 1. The van der Waals surface area contributed by atoms with E-state index >= 15 is 0 Å². The Morgan fingerprint density at radius 2 is 1.87 bits per heavy atom. The van der Waals surface area contributed by atoms with Crippen molar-refractivity contribution in [1.29, 1.82) is 0 Å². The van der Waals surface area contributed by atoms with Crippen molar-refractivity contribution in [2.24, 2.45) is 0 Å². The van der Waals surface area contributed by atoms with Crippen LogP contribution in [-0.4, -0.2) is 22.7 Å². The van der Waals surface area contributed by atoms with E-state index in [1.54, 1.807) is 6.92 Å². The summed E-state index contributed by atoms with van der Waals surface area (Å²) < 4.78 is 51.2. The summed E-state index contributed by atoms with van der Waals surface area (Å²) in [7, 11) is 0. The summed E-state index contributed by atoms with van der Waals surface area (Å²) in [6, 6.07) is 12.9. The topological polar surface area (TPSA) is 72.6 Å². The monoisotopic (exact) mass is 419 g/mol. The Labute approximate surface area is 171 Å². The maximum absolute atomic E-state index is 13.3. The van der Waals surface area contributed by atoms with Gasteiger partial charge in [0.05, 0.1) is 17.9 Å². The second-order valence-corrected chi connectivity index (χ2v) is 6.70. The van der Waals surface area contributed by atoms with Gasteiger partial charge in [0.25, 0.3) is 0 Å². The third-order valence-corrected chi connectivity index (χ3v) is 4.52. The number of aliphatic carboxylic acids is 1. The Kier molecular flexibility index (Phi) is 6.44. The summed E-state index contributed by atoms with van der Waals surface area (Å²) in [5.74, 6) is 0.00910. The van der Waals surface area contributed by atoms with Crippen LogP contribution in [0.5, 0.6) is 5.75 Å². The molecule has 5 nitrogen and oxygen atoms in total. The van der Waals surface area contributed by atoms with Crippen molar-refractivity contribution in [2.75, 3.05) is 6.61 Å². The fourth-order valence-corrected chi connectivity index (χ4v) is 3.00. The summed E-state index contributed by atoms with van der Waals surface area (Å²) >= 11 is 0. The van der Waals surface area contributed by atoms with Crippen LogP contribution in [0.1, 0.15) is 29.0 Å². The third kappa shape index (κ3) is 5.40. The summed E-state index contributed by atoms with van der Waals surface area (Å²) in [5.41, 5.74) is 0.546. The van der Waals surface area contributed by atoms with Gasteiger partial charge in [-0.2, -0.15) is 13.2 Å². The highest BCUT2D eigenvalue weighted by molar-refractivity contribution is 5.67. The number of carbonyl (C=O) groups is 1. The van der Waals surface area contributed by atoms with E-state index in [-0.39, 0.29) is 30.8 Å². The van der Waals surface area contributed by atoms with E-state index in [0.717, 1.165) is 11.6 Å². The Hall–Kier alpha value is -3.29. The van der Waals surface area contributed by atoms with Crippen molar-refractivity contribution in [1.82, 2.24) is 4.98 Å². The fourth-order valence-electron chi connectivity index (χ4n) is 3.00. The van der Waals surface area contributed by atoms with Crippen molar-refractivity contribution < 1.29 is 32.2 Å². The van der Waals surface area contributed by atoms with Gasteiger partial charge in [0.2, 0.25) is 5.89 Å². The molecular weight excluding hydrogens is 399 g/mol. The Morgan fingerprint density at radius 3 is 2.53 bits per heavy atom. The van der Waals surface area contributed by atoms with E-state index < -0.39 is 17.7 Å².